The van der Waals surface area contributed by atoms with E-state index in [1.165, 1.54) is 30.6 Å². The van der Waals surface area contributed by atoms with Crippen molar-refractivity contribution in [3.8, 4) is 5.75 Å². The van der Waals surface area contributed by atoms with Gasteiger partial charge in [0, 0.05) is 10.8 Å². The minimum atomic E-state index is 0.221. The van der Waals surface area contributed by atoms with Gasteiger partial charge in [0.1, 0.15) is 5.75 Å². The van der Waals surface area contributed by atoms with E-state index in [4.69, 9.17) is 4.74 Å². The van der Waals surface area contributed by atoms with Crippen LogP contribution in [0.2, 0.25) is 0 Å². The van der Waals surface area contributed by atoms with Crippen molar-refractivity contribution in [1.82, 2.24) is 5.32 Å². The van der Waals surface area contributed by atoms with Crippen LogP contribution < -0.4 is 10.1 Å². The van der Waals surface area contributed by atoms with E-state index in [1.807, 2.05) is 0 Å². The number of thioether (sulfide) groups is 1. The van der Waals surface area contributed by atoms with Crippen molar-refractivity contribution in [3.05, 3.63) is 29.8 Å². The van der Waals surface area contributed by atoms with Gasteiger partial charge in [0.2, 0.25) is 0 Å². The van der Waals surface area contributed by atoms with Gasteiger partial charge < -0.3 is 10.1 Å². The molecular formula is C18H29NOS. The highest BCUT2D eigenvalue weighted by Crippen LogP contribution is 2.46. The number of rotatable bonds is 7. The molecule has 1 saturated heterocycles. The minimum Gasteiger partial charge on any atom is -0.491 e. The molecule has 0 spiro atoms. The van der Waals surface area contributed by atoms with Gasteiger partial charge in [0.15, 0.2) is 0 Å². The van der Waals surface area contributed by atoms with Crippen LogP contribution >= 0.6 is 11.8 Å². The molecule has 1 fully saturated rings. The summed E-state index contributed by atoms with van der Waals surface area (Å²) < 4.78 is 6.17. The second-order valence-electron chi connectivity index (χ2n) is 6.39. The highest BCUT2D eigenvalue weighted by molar-refractivity contribution is 8.00. The summed E-state index contributed by atoms with van der Waals surface area (Å²) in [5, 5.41) is 3.77. The number of nitrogens with one attached hydrogen (secondary N) is 1. The second kappa shape index (κ2) is 7.55. The first-order valence-electron chi connectivity index (χ1n) is 8.19. The van der Waals surface area contributed by atoms with E-state index in [2.05, 4.69) is 69.0 Å². The predicted octanol–water partition coefficient (Wildman–Crippen LogP) is 4.80. The standard InChI is InChI=1S/C18H29NOS/c1-5-11-19-17(18(4)10-7-12-21-18)15-8-6-9-16(13-15)20-14(2)3/h6,8-9,13-14,17,19H,5,7,10-12H2,1-4H3. The summed E-state index contributed by atoms with van der Waals surface area (Å²) in [7, 11) is 0. The molecule has 3 heteroatoms. The lowest BCUT2D eigenvalue weighted by Crippen LogP contribution is -2.38. The van der Waals surface area contributed by atoms with Gasteiger partial charge in [0.05, 0.1) is 6.10 Å². The summed E-state index contributed by atoms with van der Waals surface area (Å²) in [6, 6.07) is 9.05. The molecule has 1 heterocycles. The molecule has 1 N–H and O–H groups in total. The van der Waals surface area contributed by atoms with Crippen molar-refractivity contribution < 1.29 is 4.74 Å². The van der Waals surface area contributed by atoms with E-state index >= 15 is 0 Å². The SMILES string of the molecule is CCCNC(c1cccc(OC(C)C)c1)C1(C)CCCS1. The fraction of sp³-hybridized carbons (Fsp3) is 0.667. The maximum absolute atomic E-state index is 5.87. The molecule has 1 aliphatic heterocycles. The average Bonchev–Trinajstić information content (AvgIpc) is 2.86. The largest absolute Gasteiger partial charge is 0.491 e. The Morgan fingerprint density at radius 1 is 1.38 bits per heavy atom. The maximum Gasteiger partial charge on any atom is 0.120 e. The lowest BCUT2D eigenvalue weighted by Gasteiger charge is -2.35. The molecule has 118 valence electrons. The summed E-state index contributed by atoms with van der Waals surface area (Å²) >= 11 is 2.11. The van der Waals surface area contributed by atoms with Gasteiger partial charge in [-0.1, -0.05) is 19.1 Å². The molecule has 1 aromatic rings. The van der Waals surface area contributed by atoms with E-state index in [9.17, 15) is 0 Å². The smallest absolute Gasteiger partial charge is 0.120 e. The van der Waals surface area contributed by atoms with Gasteiger partial charge in [-0.2, -0.15) is 11.8 Å². The van der Waals surface area contributed by atoms with Gasteiger partial charge in [-0.15, -0.1) is 0 Å². The third kappa shape index (κ3) is 4.40. The van der Waals surface area contributed by atoms with Crippen molar-refractivity contribution in [2.75, 3.05) is 12.3 Å². The van der Waals surface area contributed by atoms with Crippen molar-refractivity contribution in [3.63, 3.8) is 0 Å². The lowest BCUT2D eigenvalue weighted by atomic mass is 9.90. The van der Waals surface area contributed by atoms with Crippen LogP contribution in [0.5, 0.6) is 5.75 Å². The van der Waals surface area contributed by atoms with Crippen LogP contribution in [0.1, 0.15) is 58.6 Å². The molecule has 1 aliphatic rings. The van der Waals surface area contributed by atoms with Crippen LogP contribution in [0, 0.1) is 0 Å². The van der Waals surface area contributed by atoms with Gasteiger partial charge in [-0.3, -0.25) is 0 Å². The van der Waals surface area contributed by atoms with Crippen LogP contribution in [-0.2, 0) is 0 Å². The Morgan fingerprint density at radius 2 is 2.19 bits per heavy atom. The van der Waals surface area contributed by atoms with Gasteiger partial charge in [-0.25, -0.2) is 0 Å². The normalized spacial score (nSPS) is 23.5. The first-order chi connectivity index (χ1) is 10.0. The molecule has 21 heavy (non-hydrogen) atoms. The van der Waals surface area contributed by atoms with E-state index in [0.29, 0.717) is 10.8 Å². The molecule has 0 aliphatic carbocycles. The monoisotopic (exact) mass is 307 g/mol. The first-order valence-corrected chi connectivity index (χ1v) is 9.17. The number of hydrogen-bond donors (Lipinski definition) is 1. The van der Waals surface area contributed by atoms with Gasteiger partial charge in [-0.05, 0) is 70.0 Å². The van der Waals surface area contributed by atoms with Gasteiger partial charge in [0.25, 0.3) is 0 Å². The molecular weight excluding hydrogens is 278 g/mol. The van der Waals surface area contributed by atoms with Crippen LogP contribution in [0.25, 0.3) is 0 Å². The minimum absolute atomic E-state index is 0.221. The van der Waals surface area contributed by atoms with Gasteiger partial charge >= 0.3 is 0 Å². The molecule has 2 atom stereocenters. The third-order valence-corrected chi connectivity index (χ3v) is 5.61. The Labute approximate surface area is 134 Å². The lowest BCUT2D eigenvalue weighted by molar-refractivity contribution is 0.242. The molecule has 2 nitrogen and oxygen atoms in total. The summed E-state index contributed by atoms with van der Waals surface area (Å²) in [6.07, 6.45) is 4.00. The van der Waals surface area contributed by atoms with Crippen LogP contribution in [-0.4, -0.2) is 23.1 Å². The van der Waals surface area contributed by atoms with Crippen LogP contribution in [0.3, 0.4) is 0 Å². The average molecular weight is 308 g/mol. The first kappa shape index (κ1) is 16.7. The molecule has 2 rings (SSSR count). The zero-order valence-electron chi connectivity index (χ0n) is 13.8. The Morgan fingerprint density at radius 3 is 2.81 bits per heavy atom. The highest BCUT2D eigenvalue weighted by atomic mass is 32.2. The molecule has 0 amide bonds. The maximum atomic E-state index is 5.87. The molecule has 0 bridgehead atoms. The van der Waals surface area contributed by atoms with Crippen LogP contribution in [0.4, 0.5) is 0 Å². The fourth-order valence-electron chi connectivity index (χ4n) is 3.04. The summed E-state index contributed by atoms with van der Waals surface area (Å²) in [5.74, 6) is 2.26. The number of ether oxygens (including phenoxy) is 1. The molecule has 0 radical (unpaired) electrons. The predicted molar refractivity (Wildman–Crippen MR) is 93.3 cm³/mol. The summed E-state index contributed by atoms with van der Waals surface area (Å²) in [4.78, 5) is 0. The zero-order chi connectivity index (χ0) is 15.3. The number of hydrogen-bond acceptors (Lipinski definition) is 3. The van der Waals surface area contributed by atoms with Crippen molar-refractivity contribution in [2.45, 2.75) is 63.9 Å². The third-order valence-electron chi connectivity index (χ3n) is 4.02. The van der Waals surface area contributed by atoms with Crippen molar-refractivity contribution >= 4 is 11.8 Å². The fourth-order valence-corrected chi connectivity index (χ4v) is 4.47. The van der Waals surface area contributed by atoms with E-state index in [1.54, 1.807) is 0 Å². The second-order valence-corrected chi connectivity index (χ2v) is 8.02. The molecule has 0 aromatic heterocycles. The van der Waals surface area contributed by atoms with E-state index < -0.39 is 0 Å². The van der Waals surface area contributed by atoms with E-state index in [0.717, 1.165) is 12.3 Å². The van der Waals surface area contributed by atoms with Crippen molar-refractivity contribution in [2.24, 2.45) is 0 Å². The Hall–Kier alpha value is -0.670. The highest BCUT2D eigenvalue weighted by Gasteiger charge is 2.38. The van der Waals surface area contributed by atoms with Crippen LogP contribution in [0.15, 0.2) is 24.3 Å². The number of benzene rings is 1. The Bertz CT molecular complexity index is 441. The quantitative estimate of drug-likeness (QED) is 0.782. The topological polar surface area (TPSA) is 21.3 Å². The Balaban J connectivity index is 2.23. The zero-order valence-corrected chi connectivity index (χ0v) is 14.6. The molecule has 0 saturated carbocycles. The van der Waals surface area contributed by atoms with Crippen molar-refractivity contribution in [1.29, 1.82) is 0 Å². The molecule has 1 aromatic carbocycles. The van der Waals surface area contributed by atoms with E-state index in [-0.39, 0.29) is 6.10 Å². The molecule has 2 unspecified atom stereocenters. The summed E-state index contributed by atoms with van der Waals surface area (Å²) in [5.41, 5.74) is 1.36. The summed E-state index contributed by atoms with van der Waals surface area (Å²) in [6.45, 7) is 9.86. The Kier molecular flexibility index (Phi) is 6.00.